The van der Waals surface area contributed by atoms with Crippen molar-refractivity contribution in [3.05, 3.63) is 12.2 Å². The first-order valence-electron chi connectivity index (χ1n) is 6.00. The second-order valence-electron chi connectivity index (χ2n) is 5.36. The molecule has 0 heterocycles. The van der Waals surface area contributed by atoms with E-state index >= 15 is 0 Å². The summed E-state index contributed by atoms with van der Waals surface area (Å²) in [6.07, 6.45) is 11.8. The molecule has 0 aromatic rings. The van der Waals surface area contributed by atoms with Crippen LogP contribution in [0.1, 0.15) is 38.5 Å². The quantitative estimate of drug-likeness (QED) is 0.487. The Balaban J connectivity index is 1.96. The van der Waals surface area contributed by atoms with Gasteiger partial charge < -0.3 is 4.74 Å². The molecule has 0 aromatic heterocycles. The Morgan fingerprint density at radius 1 is 1.20 bits per heavy atom. The molecule has 2 nitrogen and oxygen atoms in total. The summed E-state index contributed by atoms with van der Waals surface area (Å²) in [7, 11) is 1.53. The second-order valence-corrected chi connectivity index (χ2v) is 5.36. The first-order valence-corrected chi connectivity index (χ1v) is 6.00. The first kappa shape index (κ1) is 9.44. The monoisotopic (exact) mass is 206 g/mol. The normalized spacial score (nSPS) is 46.6. The van der Waals surface area contributed by atoms with E-state index in [1.807, 2.05) is 0 Å². The summed E-state index contributed by atoms with van der Waals surface area (Å²) in [6, 6.07) is 0. The van der Waals surface area contributed by atoms with E-state index in [0.29, 0.717) is 10.8 Å². The number of hydrogen-bond acceptors (Lipinski definition) is 2. The Morgan fingerprint density at radius 2 is 1.73 bits per heavy atom. The molecular weight excluding hydrogens is 188 g/mol. The van der Waals surface area contributed by atoms with Gasteiger partial charge in [-0.05, 0) is 36.5 Å². The fourth-order valence-corrected chi connectivity index (χ4v) is 4.41. The summed E-state index contributed by atoms with van der Waals surface area (Å²) < 4.78 is 4.98. The highest BCUT2D eigenvalue weighted by atomic mass is 16.5. The fraction of sp³-hybridized carbons (Fsp3) is 0.769. The van der Waals surface area contributed by atoms with E-state index in [1.165, 1.54) is 32.8 Å². The number of allylic oxidation sites excluding steroid dienone is 2. The average Bonchev–Trinajstić information content (AvgIpc) is 2.92. The third kappa shape index (κ3) is 0.932. The summed E-state index contributed by atoms with van der Waals surface area (Å²) in [6.45, 7) is 0. The van der Waals surface area contributed by atoms with Crippen molar-refractivity contribution in [3.8, 4) is 0 Å². The van der Waals surface area contributed by atoms with Gasteiger partial charge in [0.1, 0.15) is 0 Å². The van der Waals surface area contributed by atoms with Gasteiger partial charge in [0.25, 0.3) is 0 Å². The number of esters is 1. The van der Waals surface area contributed by atoms with Crippen LogP contribution in [-0.2, 0) is 9.53 Å². The van der Waals surface area contributed by atoms with Gasteiger partial charge in [-0.3, -0.25) is 4.79 Å². The summed E-state index contributed by atoms with van der Waals surface area (Å²) >= 11 is 0. The van der Waals surface area contributed by atoms with E-state index in [4.69, 9.17) is 4.74 Å². The molecule has 0 amide bonds. The molecule has 82 valence electrons. The van der Waals surface area contributed by atoms with Crippen LogP contribution in [0.15, 0.2) is 12.2 Å². The maximum absolute atomic E-state index is 11.8. The minimum absolute atomic E-state index is 0.0422. The molecule has 0 aliphatic heterocycles. The van der Waals surface area contributed by atoms with Crippen LogP contribution >= 0.6 is 0 Å². The Bertz CT molecular complexity index is 309. The lowest BCUT2D eigenvalue weighted by Gasteiger charge is -2.31. The van der Waals surface area contributed by atoms with Crippen LogP contribution in [0, 0.1) is 16.7 Å². The van der Waals surface area contributed by atoms with E-state index < -0.39 is 0 Å². The van der Waals surface area contributed by atoms with Gasteiger partial charge in [-0.15, -0.1) is 0 Å². The SMILES string of the molecule is COC(=O)C1[C@]23CC=CC[C@@]12CCCC3. The highest BCUT2D eigenvalue weighted by Gasteiger charge is 2.78. The molecule has 2 saturated carbocycles. The van der Waals surface area contributed by atoms with Gasteiger partial charge in [-0.2, -0.15) is 0 Å². The lowest BCUT2D eigenvalue weighted by atomic mass is 9.73. The van der Waals surface area contributed by atoms with Gasteiger partial charge in [0.15, 0.2) is 0 Å². The predicted molar refractivity (Wildman–Crippen MR) is 57.2 cm³/mol. The van der Waals surface area contributed by atoms with Crippen LogP contribution in [0.5, 0.6) is 0 Å². The van der Waals surface area contributed by atoms with E-state index in [0.717, 1.165) is 12.8 Å². The van der Waals surface area contributed by atoms with Crippen LogP contribution < -0.4 is 0 Å². The molecule has 0 aromatic carbocycles. The first-order chi connectivity index (χ1) is 7.27. The highest BCUT2D eigenvalue weighted by molar-refractivity contribution is 5.79. The zero-order valence-electron chi connectivity index (χ0n) is 9.29. The molecule has 0 N–H and O–H groups in total. The zero-order valence-corrected chi connectivity index (χ0v) is 9.29. The van der Waals surface area contributed by atoms with E-state index in [9.17, 15) is 4.79 Å². The molecule has 15 heavy (non-hydrogen) atoms. The van der Waals surface area contributed by atoms with Gasteiger partial charge in [0, 0.05) is 0 Å². The molecule has 3 rings (SSSR count). The number of methoxy groups -OCH3 is 1. The molecule has 3 aliphatic carbocycles. The Kier molecular flexibility index (Phi) is 1.80. The summed E-state index contributed by atoms with van der Waals surface area (Å²) in [5, 5.41) is 0. The van der Waals surface area contributed by atoms with Gasteiger partial charge in [-0.25, -0.2) is 0 Å². The minimum Gasteiger partial charge on any atom is -0.469 e. The van der Waals surface area contributed by atoms with Crippen molar-refractivity contribution < 1.29 is 9.53 Å². The van der Waals surface area contributed by atoms with Gasteiger partial charge in [-0.1, -0.05) is 25.0 Å². The summed E-state index contributed by atoms with van der Waals surface area (Å²) in [5.74, 6) is 0.244. The Hall–Kier alpha value is -0.790. The van der Waals surface area contributed by atoms with E-state index in [1.54, 1.807) is 0 Å². The standard InChI is InChI=1S/C13H18O2/c1-15-11(14)10-12-6-2-3-7-13(10,12)9-5-4-8-12/h2-3,10H,4-9H2,1H3/t12-,13-/m1/s1. The lowest BCUT2D eigenvalue weighted by Crippen LogP contribution is -2.20. The van der Waals surface area contributed by atoms with Crippen molar-refractivity contribution in [1.82, 2.24) is 0 Å². The molecule has 0 saturated heterocycles. The van der Waals surface area contributed by atoms with E-state index in [-0.39, 0.29) is 11.9 Å². The highest BCUT2D eigenvalue weighted by Crippen LogP contribution is 2.80. The molecule has 0 spiro atoms. The van der Waals surface area contributed by atoms with Crippen molar-refractivity contribution in [2.45, 2.75) is 38.5 Å². The molecule has 0 bridgehead atoms. The van der Waals surface area contributed by atoms with Crippen LogP contribution in [0.4, 0.5) is 0 Å². The molecule has 2 atom stereocenters. The van der Waals surface area contributed by atoms with Crippen LogP contribution in [0.2, 0.25) is 0 Å². The fourth-order valence-electron chi connectivity index (χ4n) is 4.41. The maximum Gasteiger partial charge on any atom is 0.309 e. The molecule has 2 heteroatoms. The molecule has 2 fully saturated rings. The predicted octanol–water partition coefficient (Wildman–Crippen LogP) is 2.69. The summed E-state index contributed by atoms with van der Waals surface area (Å²) in [5.41, 5.74) is 0.597. The Labute approximate surface area is 90.7 Å². The number of carbonyl (C=O) groups excluding carboxylic acids is 1. The third-order valence-electron chi connectivity index (χ3n) is 5.08. The largest absolute Gasteiger partial charge is 0.469 e. The van der Waals surface area contributed by atoms with Crippen molar-refractivity contribution in [1.29, 1.82) is 0 Å². The van der Waals surface area contributed by atoms with E-state index in [2.05, 4.69) is 12.2 Å². The zero-order chi connectivity index (χ0) is 10.5. The van der Waals surface area contributed by atoms with Crippen molar-refractivity contribution >= 4 is 5.97 Å². The number of carbonyl (C=O) groups is 1. The van der Waals surface area contributed by atoms with Gasteiger partial charge in [0.05, 0.1) is 13.0 Å². The average molecular weight is 206 g/mol. The molecule has 0 unspecified atom stereocenters. The number of ether oxygens (including phenoxy) is 1. The number of rotatable bonds is 1. The van der Waals surface area contributed by atoms with Crippen molar-refractivity contribution in [3.63, 3.8) is 0 Å². The van der Waals surface area contributed by atoms with Gasteiger partial charge >= 0.3 is 5.97 Å². The minimum atomic E-state index is 0.0422. The van der Waals surface area contributed by atoms with Crippen molar-refractivity contribution in [2.75, 3.05) is 7.11 Å². The number of hydrogen-bond donors (Lipinski definition) is 0. The molecular formula is C13H18O2. The smallest absolute Gasteiger partial charge is 0.309 e. The van der Waals surface area contributed by atoms with Crippen LogP contribution in [-0.4, -0.2) is 13.1 Å². The topological polar surface area (TPSA) is 26.3 Å². The van der Waals surface area contributed by atoms with Crippen LogP contribution in [0.3, 0.4) is 0 Å². The van der Waals surface area contributed by atoms with Crippen molar-refractivity contribution in [2.24, 2.45) is 16.7 Å². The Morgan fingerprint density at radius 3 is 2.20 bits per heavy atom. The molecule has 0 radical (unpaired) electrons. The lowest BCUT2D eigenvalue weighted by molar-refractivity contribution is -0.143. The van der Waals surface area contributed by atoms with Crippen LogP contribution in [0.25, 0.3) is 0 Å². The summed E-state index contributed by atoms with van der Waals surface area (Å²) in [4.78, 5) is 11.8. The maximum atomic E-state index is 11.8. The second kappa shape index (κ2) is 2.87. The van der Waals surface area contributed by atoms with Gasteiger partial charge in [0.2, 0.25) is 0 Å². The molecule has 3 aliphatic rings. The third-order valence-corrected chi connectivity index (χ3v) is 5.08.